The smallest absolute Gasteiger partial charge is 0.118 e. The molecule has 2 aromatic rings. The SMILES string of the molecule is COc1ccc(COCCCc2nc(C)c(C)c(C)c2C#N)cc1. The van der Waals surface area contributed by atoms with E-state index in [4.69, 9.17) is 9.47 Å². The largest absolute Gasteiger partial charge is 0.497 e. The monoisotopic (exact) mass is 324 g/mol. The summed E-state index contributed by atoms with van der Waals surface area (Å²) >= 11 is 0. The minimum Gasteiger partial charge on any atom is -0.497 e. The molecule has 0 amide bonds. The van der Waals surface area contributed by atoms with Gasteiger partial charge in [0.1, 0.15) is 11.8 Å². The first kappa shape index (κ1) is 18.0. The number of nitrogens with zero attached hydrogens (tertiary/aromatic N) is 2. The van der Waals surface area contributed by atoms with Gasteiger partial charge in [-0.15, -0.1) is 0 Å². The minimum absolute atomic E-state index is 0.578. The van der Waals surface area contributed by atoms with Gasteiger partial charge in [-0.2, -0.15) is 5.26 Å². The third-order valence-electron chi connectivity index (χ3n) is 4.31. The molecule has 0 saturated heterocycles. The Morgan fingerprint density at radius 2 is 1.79 bits per heavy atom. The van der Waals surface area contributed by atoms with Crippen LogP contribution in [-0.2, 0) is 17.8 Å². The van der Waals surface area contributed by atoms with Crippen molar-refractivity contribution in [1.82, 2.24) is 4.98 Å². The lowest BCUT2D eigenvalue weighted by Crippen LogP contribution is -2.05. The van der Waals surface area contributed by atoms with Crippen LogP contribution < -0.4 is 4.74 Å². The van der Waals surface area contributed by atoms with Crippen LogP contribution in [0.3, 0.4) is 0 Å². The summed E-state index contributed by atoms with van der Waals surface area (Å²) in [7, 11) is 1.66. The van der Waals surface area contributed by atoms with Gasteiger partial charge >= 0.3 is 0 Å². The van der Waals surface area contributed by atoms with Crippen molar-refractivity contribution in [2.24, 2.45) is 0 Å². The van der Waals surface area contributed by atoms with E-state index in [1.54, 1.807) is 7.11 Å². The summed E-state index contributed by atoms with van der Waals surface area (Å²) in [5.41, 5.74) is 5.86. The Hall–Kier alpha value is -2.38. The van der Waals surface area contributed by atoms with E-state index < -0.39 is 0 Å². The average Bonchev–Trinajstić information content (AvgIpc) is 2.60. The second-order valence-electron chi connectivity index (χ2n) is 5.88. The molecule has 0 atom stereocenters. The topological polar surface area (TPSA) is 55.1 Å². The summed E-state index contributed by atoms with van der Waals surface area (Å²) in [6.07, 6.45) is 1.60. The Kier molecular flexibility index (Phi) is 6.34. The van der Waals surface area contributed by atoms with E-state index in [2.05, 4.69) is 11.1 Å². The highest BCUT2D eigenvalue weighted by molar-refractivity contribution is 5.46. The Balaban J connectivity index is 1.85. The minimum atomic E-state index is 0.578. The summed E-state index contributed by atoms with van der Waals surface area (Å²) in [6.45, 7) is 7.22. The molecule has 0 aliphatic rings. The molecule has 0 bridgehead atoms. The van der Waals surface area contributed by atoms with Crippen LogP contribution in [0.4, 0.5) is 0 Å². The first-order chi connectivity index (χ1) is 11.6. The quantitative estimate of drug-likeness (QED) is 0.721. The molecule has 0 aliphatic carbocycles. The van der Waals surface area contributed by atoms with E-state index in [-0.39, 0.29) is 0 Å². The molecule has 24 heavy (non-hydrogen) atoms. The number of rotatable bonds is 7. The van der Waals surface area contributed by atoms with Crippen molar-refractivity contribution in [2.75, 3.05) is 13.7 Å². The highest BCUT2D eigenvalue weighted by Gasteiger charge is 2.11. The zero-order chi connectivity index (χ0) is 17.5. The molecule has 0 aliphatic heterocycles. The number of nitriles is 1. The summed E-state index contributed by atoms with van der Waals surface area (Å²) in [6, 6.07) is 10.2. The zero-order valence-electron chi connectivity index (χ0n) is 14.8. The van der Waals surface area contributed by atoms with Crippen molar-refractivity contribution >= 4 is 0 Å². The Morgan fingerprint density at radius 3 is 2.42 bits per heavy atom. The van der Waals surface area contributed by atoms with Crippen LogP contribution in [0.2, 0.25) is 0 Å². The van der Waals surface area contributed by atoms with E-state index in [0.29, 0.717) is 18.8 Å². The van der Waals surface area contributed by atoms with Gasteiger partial charge in [0.05, 0.1) is 25.0 Å². The van der Waals surface area contributed by atoms with Gasteiger partial charge in [0.2, 0.25) is 0 Å². The normalized spacial score (nSPS) is 10.5. The standard InChI is InChI=1S/C20H24N2O2/c1-14-15(2)19(12-21)20(22-16(14)3)6-5-11-24-13-17-7-9-18(23-4)10-8-17/h7-10H,5-6,11,13H2,1-4H3. The van der Waals surface area contributed by atoms with Gasteiger partial charge in [-0.05, 0) is 62.4 Å². The van der Waals surface area contributed by atoms with Gasteiger partial charge < -0.3 is 9.47 Å². The van der Waals surface area contributed by atoms with E-state index in [9.17, 15) is 5.26 Å². The van der Waals surface area contributed by atoms with Crippen LogP contribution >= 0.6 is 0 Å². The van der Waals surface area contributed by atoms with Gasteiger partial charge in [0.25, 0.3) is 0 Å². The van der Waals surface area contributed by atoms with Crippen LogP contribution in [0.5, 0.6) is 5.75 Å². The second-order valence-corrected chi connectivity index (χ2v) is 5.88. The molecule has 0 unspecified atom stereocenters. The predicted molar refractivity (Wildman–Crippen MR) is 94.1 cm³/mol. The molecule has 1 heterocycles. The lowest BCUT2D eigenvalue weighted by Gasteiger charge is -2.11. The maximum absolute atomic E-state index is 9.38. The highest BCUT2D eigenvalue weighted by atomic mass is 16.5. The Morgan fingerprint density at radius 1 is 1.08 bits per heavy atom. The summed E-state index contributed by atoms with van der Waals surface area (Å²) in [5, 5.41) is 9.38. The summed E-state index contributed by atoms with van der Waals surface area (Å²) in [5.74, 6) is 0.846. The van der Waals surface area contributed by atoms with Crippen LogP contribution in [-0.4, -0.2) is 18.7 Å². The van der Waals surface area contributed by atoms with Crippen LogP contribution in [0.1, 0.15) is 40.1 Å². The van der Waals surface area contributed by atoms with Crippen LogP contribution in [0.25, 0.3) is 0 Å². The predicted octanol–water partition coefficient (Wildman–Crippen LogP) is 4.04. The molecule has 1 aromatic heterocycles. The maximum atomic E-state index is 9.38. The Labute approximate surface area is 144 Å². The van der Waals surface area contributed by atoms with Crippen molar-refractivity contribution in [3.63, 3.8) is 0 Å². The van der Waals surface area contributed by atoms with Gasteiger partial charge in [0, 0.05) is 12.3 Å². The first-order valence-electron chi connectivity index (χ1n) is 8.14. The number of ether oxygens (including phenoxy) is 2. The summed E-state index contributed by atoms with van der Waals surface area (Å²) < 4.78 is 10.9. The van der Waals surface area contributed by atoms with Crippen LogP contribution in [0, 0.1) is 32.1 Å². The molecule has 4 nitrogen and oxygen atoms in total. The molecule has 1 aromatic carbocycles. The van der Waals surface area contributed by atoms with Crippen LogP contribution in [0.15, 0.2) is 24.3 Å². The fourth-order valence-electron chi connectivity index (χ4n) is 2.60. The van der Waals surface area contributed by atoms with E-state index >= 15 is 0 Å². The lowest BCUT2D eigenvalue weighted by molar-refractivity contribution is 0.118. The Bertz CT molecular complexity index is 731. The van der Waals surface area contributed by atoms with Crippen molar-refractivity contribution in [1.29, 1.82) is 5.26 Å². The second kappa shape index (κ2) is 8.47. The van der Waals surface area contributed by atoms with E-state index in [1.807, 2.05) is 45.0 Å². The number of pyridine rings is 1. The van der Waals surface area contributed by atoms with Crippen molar-refractivity contribution in [3.05, 3.63) is 57.9 Å². The van der Waals surface area contributed by atoms with Gasteiger partial charge in [-0.25, -0.2) is 0 Å². The highest BCUT2D eigenvalue weighted by Crippen LogP contribution is 2.19. The zero-order valence-corrected chi connectivity index (χ0v) is 14.8. The van der Waals surface area contributed by atoms with Crippen molar-refractivity contribution in [2.45, 2.75) is 40.2 Å². The van der Waals surface area contributed by atoms with Crippen molar-refractivity contribution < 1.29 is 9.47 Å². The molecule has 4 heteroatoms. The number of methoxy groups -OCH3 is 1. The molecular formula is C20H24N2O2. The van der Waals surface area contributed by atoms with Gasteiger partial charge in [-0.3, -0.25) is 4.98 Å². The fraction of sp³-hybridized carbons (Fsp3) is 0.400. The van der Waals surface area contributed by atoms with E-state index in [1.165, 1.54) is 0 Å². The molecular weight excluding hydrogens is 300 g/mol. The van der Waals surface area contributed by atoms with Crippen molar-refractivity contribution in [3.8, 4) is 11.8 Å². The number of aromatic nitrogens is 1. The molecule has 2 rings (SSSR count). The number of hydrogen-bond acceptors (Lipinski definition) is 4. The van der Waals surface area contributed by atoms with Gasteiger partial charge in [0.15, 0.2) is 0 Å². The first-order valence-corrected chi connectivity index (χ1v) is 8.14. The third-order valence-corrected chi connectivity index (χ3v) is 4.31. The molecule has 0 N–H and O–H groups in total. The molecule has 0 fully saturated rings. The number of aryl methyl sites for hydroxylation is 2. The lowest BCUT2D eigenvalue weighted by atomic mass is 9.99. The fourth-order valence-corrected chi connectivity index (χ4v) is 2.60. The average molecular weight is 324 g/mol. The van der Waals surface area contributed by atoms with Gasteiger partial charge in [-0.1, -0.05) is 12.1 Å². The molecule has 0 spiro atoms. The molecule has 126 valence electrons. The third kappa shape index (κ3) is 4.33. The maximum Gasteiger partial charge on any atom is 0.118 e. The number of benzene rings is 1. The molecule has 0 radical (unpaired) electrons. The number of hydrogen-bond donors (Lipinski definition) is 0. The molecule has 0 saturated carbocycles. The summed E-state index contributed by atoms with van der Waals surface area (Å²) in [4.78, 5) is 4.59. The van der Waals surface area contributed by atoms with E-state index in [0.717, 1.165) is 46.7 Å².